The minimum atomic E-state index is -3.76. The Kier molecular flexibility index (Phi) is 6.12. The van der Waals surface area contributed by atoms with Gasteiger partial charge < -0.3 is 0 Å². The van der Waals surface area contributed by atoms with Crippen LogP contribution in [0, 0.1) is 46.8 Å². The third-order valence-electron chi connectivity index (χ3n) is 12.3. The summed E-state index contributed by atoms with van der Waals surface area (Å²) in [4.78, 5) is 13.6. The van der Waals surface area contributed by atoms with Crippen LogP contribution < -0.4 is 0 Å². The van der Waals surface area contributed by atoms with E-state index in [1.54, 1.807) is 12.1 Å². The Balaban J connectivity index is 1.24. The highest BCUT2D eigenvalue weighted by Crippen LogP contribution is 2.73. The first-order chi connectivity index (χ1) is 17.5. The van der Waals surface area contributed by atoms with E-state index in [4.69, 9.17) is 4.18 Å². The summed E-state index contributed by atoms with van der Waals surface area (Å²) in [6, 6.07) is 6.94. The van der Waals surface area contributed by atoms with E-state index < -0.39 is 10.1 Å². The molecule has 4 fully saturated rings. The highest BCUT2D eigenvalue weighted by molar-refractivity contribution is 7.86. The zero-order chi connectivity index (χ0) is 26.2. The van der Waals surface area contributed by atoms with Gasteiger partial charge in [0.2, 0.25) is 0 Å². The molecule has 5 aliphatic rings. The molecule has 5 heteroatoms. The van der Waals surface area contributed by atoms with Gasteiger partial charge in [-0.3, -0.25) is 8.98 Å². The Morgan fingerprint density at radius 3 is 2.46 bits per heavy atom. The molecular formula is C32H44O4S. The summed E-state index contributed by atoms with van der Waals surface area (Å²) in [5.41, 5.74) is 2.61. The quantitative estimate of drug-likeness (QED) is 0.304. The van der Waals surface area contributed by atoms with Crippen molar-refractivity contribution in [1.29, 1.82) is 0 Å². The van der Waals surface area contributed by atoms with Crippen LogP contribution in [0.3, 0.4) is 0 Å². The molecular weight excluding hydrogens is 480 g/mol. The summed E-state index contributed by atoms with van der Waals surface area (Å²) in [7, 11) is -3.76. The molecule has 0 aliphatic heterocycles. The van der Waals surface area contributed by atoms with Crippen LogP contribution in [-0.4, -0.2) is 20.3 Å². The SMILES string of the molecule is CC(=O)[C@]12CCCC[C@@H]1C[C@H]1[C@@H]3CC=C4C[C@@H](OS(=O)(=O)c5ccc(C)cc5)CC[C@]4(C)[C@H]3CC[C@@]12C. The van der Waals surface area contributed by atoms with Crippen molar-refractivity contribution in [2.24, 2.45) is 39.9 Å². The predicted molar refractivity (Wildman–Crippen MR) is 145 cm³/mol. The number of aryl methyl sites for hydroxylation is 1. The summed E-state index contributed by atoms with van der Waals surface area (Å²) in [5.74, 6) is 2.93. The Morgan fingerprint density at radius 1 is 0.973 bits per heavy atom. The van der Waals surface area contributed by atoms with E-state index in [0.717, 1.165) is 31.2 Å². The fourth-order valence-corrected chi connectivity index (χ4v) is 11.5. The number of hydrogen-bond acceptors (Lipinski definition) is 4. The minimum Gasteiger partial charge on any atom is -0.299 e. The lowest BCUT2D eigenvalue weighted by atomic mass is 9.44. The molecule has 0 unspecified atom stereocenters. The number of hydrogen-bond donors (Lipinski definition) is 0. The number of ketones is 1. The molecule has 37 heavy (non-hydrogen) atoms. The van der Waals surface area contributed by atoms with Gasteiger partial charge in [0.25, 0.3) is 10.1 Å². The highest BCUT2D eigenvalue weighted by Gasteiger charge is 2.68. The second-order valence-electron chi connectivity index (χ2n) is 13.6. The minimum absolute atomic E-state index is 0.0956. The molecule has 1 aromatic rings. The van der Waals surface area contributed by atoms with Crippen molar-refractivity contribution in [3.05, 3.63) is 41.5 Å². The number of benzene rings is 1. The average Bonchev–Trinajstić information content (AvgIpc) is 3.14. The maximum Gasteiger partial charge on any atom is 0.297 e. The molecule has 5 aliphatic carbocycles. The Hall–Kier alpha value is -1.46. The number of carbonyl (C=O) groups excluding carboxylic acids is 1. The van der Waals surface area contributed by atoms with E-state index in [1.807, 2.05) is 26.0 Å². The van der Waals surface area contributed by atoms with Crippen molar-refractivity contribution in [2.45, 2.75) is 109 Å². The molecule has 4 saturated carbocycles. The van der Waals surface area contributed by atoms with Crippen LogP contribution >= 0.6 is 0 Å². The Bertz CT molecular complexity index is 1220. The van der Waals surface area contributed by atoms with Crippen molar-refractivity contribution >= 4 is 15.9 Å². The molecule has 4 nitrogen and oxygen atoms in total. The fraction of sp³-hybridized carbons (Fsp3) is 0.719. The zero-order valence-corrected chi connectivity index (χ0v) is 23.9. The van der Waals surface area contributed by atoms with Crippen LogP contribution in [0.5, 0.6) is 0 Å². The molecule has 0 radical (unpaired) electrons. The second-order valence-corrected chi connectivity index (χ2v) is 15.2. The molecule has 0 saturated heterocycles. The third-order valence-corrected chi connectivity index (χ3v) is 13.7. The van der Waals surface area contributed by atoms with E-state index in [9.17, 15) is 13.2 Å². The Labute approximate surface area is 223 Å². The maximum atomic E-state index is 13.3. The lowest BCUT2D eigenvalue weighted by molar-refractivity contribution is -0.147. The monoisotopic (exact) mass is 524 g/mol. The van der Waals surface area contributed by atoms with Gasteiger partial charge in [-0.1, -0.05) is 56.0 Å². The van der Waals surface area contributed by atoms with Crippen LogP contribution in [0.2, 0.25) is 0 Å². The Morgan fingerprint density at radius 2 is 1.73 bits per heavy atom. The first-order valence-corrected chi connectivity index (χ1v) is 16.1. The average molecular weight is 525 g/mol. The van der Waals surface area contributed by atoms with E-state index in [2.05, 4.69) is 19.9 Å². The second kappa shape index (κ2) is 8.78. The van der Waals surface area contributed by atoms with Gasteiger partial charge in [0.1, 0.15) is 5.78 Å². The van der Waals surface area contributed by atoms with Crippen molar-refractivity contribution in [3.63, 3.8) is 0 Å². The largest absolute Gasteiger partial charge is 0.299 e. The number of rotatable bonds is 4. The molecule has 6 rings (SSSR count). The van der Waals surface area contributed by atoms with Gasteiger partial charge >= 0.3 is 0 Å². The van der Waals surface area contributed by atoms with Crippen LogP contribution in [-0.2, 0) is 19.1 Å². The third kappa shape index (κ3) is 3.69. The fourth-order valence-electron chi connectivity index (χ4n) is 10.4. The van der Waals surface area contributed by atoms with E-state index in [1.165, 1.54) is 44.1 Å². The maximum absolute atomic E-state index is 13.3. The number of allylic oxidation sites excluding steroid dienone is 1. The van der Waals surface area contributed by atoms with Crippen LogP contribution in [0.25, 0.3) is 0 Å². The van der Waals surface area contributed by atoms with Crippen LogP contribution in [0.15, 0.2) is 40.8 Å². The van der Waals surface area contributed by atoms with Gasteiger partial charge in [0.15, 0.2) is 0 Å². The van der Waals surface area contributed by atoms with Crippen molar-refractivity contribution in [2.75, 3.05) is 0 Å². The number of Topliss-reactive ketones (excluding diaryl/α,β-unsaturated/α-hetero) is 1. The van der Waals surface area contributed by atoms with Gasteiger partial charge in [-0.05, 0) is 118 Å². The zero-order valence-electron chi connectivity index (χ0n) is 23.1. The molecule has 0 N–H and O–H groups in total. The highest BCUT2D eigenvalue weighted by atomic mass is 32.2. The molecule has 1 aromatic carbocycles. The van der Waals surface area contributed by atoms with E-state index in [0.29, 0.717) is 35.9 Å². The lowest BCUT2D eigenvalue weighted by Gasteiger charge is -2.60. The van der Waals surface area contributed by atoms with Gasteiger partial charge in [0.05, 0.1) is 11.0 Å². The van der Waals surface area contributed by atoms with Crippen molar-refractivity contribution < 1.29 is 17.4 Å². The van der Waals surface area contributed by atoms with Gasteiger partial charge in [0, 0.05) is 5.41 Å². The summed E-state index contributed by atoms with van der Waals surface area (Å²) in [6.45, 7) is 8.79. The van der Waals surface area contributed by atoms with Crippen LogP contribution in [0.1, 0.15) is 97.0 Å². The molecule has 8 atom stereocenters. The molecule has 0 amide bonds. The first kappa shape index (κ1) is 25.8. The first-order valence-electron chi connectivity index (χ1n) is 14.7. The predicted octanol–water partition coefficient (Wildman–Crippen LogP) is 7.41. The van der Waals surface area contributed by atoms with Crippen molar-refractivity contribution in [3.8, 4) is 0 Å². The number of fused-ring (bicyclic) bond motifs is 7. The summed E-state index contributed by atoms with van der Waals surface area (Å²) < 4.78 is 31.8. The number of carbonyl (C=O) groups is 1. The van der Waals surface area contributed by atoms with Gasteiger partial charge in [-0.15, -0.1) is 0 Å². The molecule has 0 heterocycles. The molecule has 0 aromatic heterocycles. The van der Waals surface area contributed by atoms with E-state index >= 15 is 0 Å². The summed E-state index contributed by atoms with van der Waals surface area (Å²) in [6.07, 6.45) is 14.2. The van der Waals surface area contributed by atoms with E-state index in [-0.39, 0.29) is 27.2 Å². The van der Waals surface area contributed by atoms with Crippen LogP contribution in [0.4, 0.5) is 0 Å². The molecule has 202 valence electrons. The smallest absolute Gasteiger partial charge is 0.297 e. The summed E-state index contributed by atoms with van der Waals surface area (Å²) >= 11 is 0. The standard InChI is InChI=1S/C32H44O4S/c1-21-8-11-26(12-9-21)37(34,35)36-25-14-17-30(3)23(19-25)10-13-27-28(30)15-18-31(4)29(27)20-24-7-5-6-16-32(24,31)22(2)33/h8-12,24-25,27-29H,5-7,13-20H2,1-4H3/t24-,25+,27-,28+,29+,30+,31+,32-/m1/s1. The van der Waals surface area contributed by atoms with Gasteiger partial charge in [-0.25, -0.2) is 0 Å². The summed E-state index contributed by atoms with van der Waals surface area (Å²) in [5, 5.41) is 0. The lowest BCUT2D eigenvalue weighted by Crippen LogP contribution is -2.55. The topological polar surface area (TPSA) is 60.4 Å². The van der Waals surface area contributed by atoms with Gasteiger partial charge in [-0.2, -0.15) is 8.42 Å². The molecule has 0 spiro atoms. The molecule has 0 bridgehead atoms. The normalized spacial score (nSPS) is 43.1. The van der Waals surface area contributed by atoms with Crippen molar-refractivity contribution in [1.82, 2.24) is 0 Å².